The van der Waals surface area contributed by atoms with Gasteiger partial charge in [-0.2, -0.15) is 5.26 Å². The van der Waals surface area contributed by atoms with Gasteiger partial charge < -0.3 is 10.1 Å². The van der Waals surface area contributed by atoms with Crippen molar-refractivity contribution in [3.05, 3.63) is 65.7 Å². The average molecular weight is 292 g/mol. The molecule has 0 atom stereocenters. The fourth-order valence-electron chi connectivity index (χ4n) is 1.87. The zero-order chi connectivity index (χ0) is 15.8. The first kappa shape index (κ1) is 15.3. The van der Waals surface area contributed by atoms with Crippen molar-refractivity contribution >= 4 is 17.7 Å². The lowest BCUT2D eigenvalue weighted by Crippen LogP contribution is -2.07. The molecular formula is C18H16N2O2. The Bertz CT molecular complexity index is 713. The van der Waals surface area contributed by atoms with E-state index in [9.17, 15) is 4.79 Å². The summed E-state index contributed by atoms with van der Waals surface area (Å²) in [5.41, 5.74) is 2.80. The highest BCUT2D eigenvalue weighted by molar-refractivity contribution is 6.02. The van der Waals surface area contributed by atoms with Gasteiger partial charge in [0.15, 0.2) is 6.61 Å². The van der Waals surface area contributed by atoms with Gasteiger partial charge in [-0.3, -0.25) is 4.79 Å². The minimum atomic E-state index is -0.200. The summed E-state index contributed by atoms with van der Waals surface area (Å²) in [4.78, 5) is 11.9. The average Bonchev–Trinajstić information content (AvgIpc) is 2.53. The second kappa shape index (κ2) is 7.65. The van der Waals surface area contributed by atoms with Crippen LogP contribution in [-0.4, -0.2) is 12.5 Å². The molecule has 1 N–H and O–H groups in total. The predicted octanol–water partition coefficient (Wildman–Crippen LogP) is 3.55. The summed E-state index contributed by atoms with van der Waals surface area (Å²) in [5.74, 6) is 0.393. The van der Waals surface area contributed by atoms with E-state index in [-0.39, 0.29) is 12.5 Å². The van der Waals surface area contributed by atoms with E-state index in [4.69, 9.17) is 10.00 Å². The highest BCUT2D eigenvalue weighted by Gasteiger charge is 1.99. The zero-order valence-electron chi connectivity index (χ0n) is 12.2. The Morgan fingerprint density at radius 1 is 1.23 bits per heavy atom. The smallest absolute Gasteiger partial charge is 0.248 e. The first-order valence-electron chi connectivity index (χ1n) is 6.83. The molecule has 0 heterocycles. The van der Waals surface area contributed by atoms with Crippen LogP contribution in [0.2, 0.25) is 0 Å². The quantitative estimate of drug-likeness (QED) is 0.857. The Labute approximate surface area is 129 Å². The molecule has 4 heteroatoms. The molecule has 110 valence electrons. The fourth-order valence-corrected chi connectivity index (χ4v) is 1.87. The summed E-state index contributed by atoms with van der Waals surface area (Å²) in [6.07, 6.45) is 3.29. The first-order chi connectivity index (χ1) is 10.7. The maximum atomic E-state index is 11.9. The summed E-state index contributed by atoms with van der Waals surface area (Å²) < 4.78 is 5.15. The monoisotopic (exact) mass is 292 g/mol. The number of anilines is 1. The van der Waals surface area contributed by atoms with E-state index in [0.29, 0.717) is 11.4 Å². The number of ether oxygens (including phenoxy) is 1. The number of carbonyl (C=O) groups is 1. The summed E-state index contributed by atoms with van der Waals surface area (Å²) in [7, 11) is 0. The van der Waals surface area contributed by atoms with Gasteiger partial charge in [0, 0.05) is 11.8 Å². The number of nitriles is 1. The number of nitrogens with zero attached hydrogens (tertiary/aromatic N) is 1. The number of hydrogen-bond donors (Lipinski definition) is 1. The van der Waals surface area contributed by atoms with Gasteiger partial charge in [-0.15, -0.1) is 0 Å². The van der Waals surface area contributed by atoms with Crippen LogP contribution in [0.3, 0.4) is 0 Å². The third-order valence-corrected chi connectivity index (χ3v) is 3.03. The van der Waals surface area contributed by atoms with Gasteiger partial charge in [0.1, 0.15) is 11.8 Å². The molecule has 0 unspecified atom stereocenters. The van der Waals surface area contributed by atoms with Gasteiger partial charge in [0.05, 0.1) is 0 Å². The van der Waals surface area contributed by atoms with Crippen molar-refractivity contribution < 1.29 is 9.53 Å². The molecule has 0 aromatic heterocycles. The van der Waals surface area contributed by atoms with Crippen LogP contribution in [0.15, 0.2) is 54.6 Å². The van der Waals surface area contributed by atoms with Crippen LogP contribution >= 0.6 is 0 Å². The van der Waals surface area contributed by atoms with Crippen molar-refractivity contribution in [3.8, 4) is 11.8 Å². The van der Waals surface area contributed by atoms with Crippen LogP contribution in [0.1, 0.15) is 11.1 Å². The molecule has 0 aliphatic rings. The van der Waals surface area contributed by atoms with Crippen molar-refractivity contribution in [1.82, 2.24) is 0 Å². The number of nitrogens with one attached hydrogen (secondary N) is 1. The van der Waals surface area contributed by atoms with Crippen molar-refractivity contribution in [1.29, 1.82) is 5.26 Å². The standard InChI is InChI=1S/C18H16N2O2/c1-14-4-2-3-5-15(14)6-11-18(21)20-16-7-9-17(10-8-16)22-13-12-19/h2-11H,13H2,1H3,(H,20,21)/b11-6+. The third-order valence-electron chi connectivity index (χ3n) is 3.03. The zero-order valence-corrected chi connectivity index (χ0v) is 12.2. The Morgan fingerprint density at radius 3 is 2.64 bits per heavy atom. The molecule has 2 rings (SSSR count). The van der Waals surface area contributed by atoms with Crippen LogP contribution in [-0.2, 0) is 4.79 Å². The van der Waals surface area contributed by atoms with Crippen LogP contribution in [0.4, 0.5) is 5.69 Å². The molecule has 0 saturated carbocycles. The summed E-state index contributed by atoms with van der Waals surface area (Å²) >= 11 is 0. The Hall–Kier alpha value is -3.06. The normalized spacial score (nSPS) is 10.2. The molecule has 2 aromatic carbocycles. The van der Waals surface area contributed by atoms with Crippen molar-refractivity contribution in [2.24, 2.45) is 0 Å². The Morgan fingerprint density at radius 2 is 1.95 bits per heavy atom. The number of hydrogen-bond acceptors (Lipinski definition) is 3. The molecular weight excluding hydrogens is 276 g/mol. The van der Waals surface area contributed by atoms with Gasteiger partial charge in [-0.1, -0.05) is 24.3 Å². The van der Waals surface area contributed by atoms with Crippen molar-refractivity contribution in [2.45, 2.75) is 6.92 Å². The van der Waals surface area contributed by atoms with Crippen LogP contribution < -0.4 is 10.1 Å². The van der Waals surface area contributed by atoms with Gasteiger partial charge >= 0.3 is 0 Å². The molecule has 0 saturated heterocycles. The van der Waals surface area contributed by atoms with Crippen LogP contribution in [0.25, 0.3) is 6.08 Å². The van der Waals surface area contributed by atoms with E-state index >= 15 is 0 Å². The third kappa shape index (κ3) is 4.50. The van der Waals surface area contributed by atoms with Crippen molar-refractivity contribution in [3.63, 3.8) is 0 Å². The van der Waals surface area contributed by atoms with E-state index in [1.807, 2.05) is 37.3 Å². The second-order valence-corrected chi connectivity index (χ2v) is 4.65. The predicted molar refractivity (Wildman–Crippen MR) is 86.4 cm³/mol. The molecule has 1 amide bonds. The number of rotatable bonds is 5. The minimum Gasteiger partial charge on any atom is -0.479 e. The van der Waals surface area contributed by atoms with Crippen LogP contribution in [0, 0.1) is 18.3 Å². The van der Waals surface area contributed by atoms with E-state index in [2.05, 4.69) is 5.32 Å². The van der Waals surface area contributed by atoms with Gasteiger partial charge in [0.25, 0.3) is 0 Å². The summed E-state index contributed by atoms with van der Waals surface area (Å²) in [6, 6.07) is 16.6. The number of aryl methyl sites for hydroxylation is 1. The molecule has 0 aliphatic heterocycles. The highest BCUT2D eigenvalue weighted by atomic mass is 16.5. The topological polar surface area (TPSA) is 62.1 Å². The molecule has 0 fully saturated rings. The number of amides is 1. The largest absolute Gasteiger partial charge is 0.479 e. The molecule has 0 spiro atoms. The second-order valence-electron chi connectivity index (χ2n) is 4.65. The van der Waals surface area contributed by atoms with E-state index in [1.165, 1.54) is 6.08 Å². The molecule has 22 heavy (non-hydrogen) atoms. The lowest BCUT2D eigenvalue weighted by Gasteiger charge is -2.05. The SMILES string of the molecule is Cc1ccccc1/C=C/C(=O)Nc1ccc(OCC#N)cc1. The number of carbonyl (C=O) groups excluding carboxylic acids is 1. The lowest BCUT2D eigenvalue weighted by atomic mass is 10.1. The summed E-state index contributed by atoms with van der Waals surface area (Å²) in [6.45, 7) is 2.00. The summed E-state index contributed by atoms with van der Waals surface area (Å²) in [5, 5.41) is 11.2. The maximum Gasteiger partial charge on any atom is 0.248 e. The first-order valence-corrected chi connectivity index (χ1v) is 6.83. The molecule has 0 bridgehead atoms. The number of benzene rings is 2. The molecule has 4 nitrogen and oxygen atoms in total. The Kier molecular flexibility index (Phi) is 5.33. The minimum absolute atomic E-state index is 0.00483. The van der Waals surface area contributed by atoms with Gasteiger partial charge in [-0.05, 0) is 48.4 Å². The van der Waals surface area contributed by atoms with Crippen LogP contribution in [0.5, 0.6) is 5.75 Å². The molecule has 2 aromatic rings. The highest BCUT2D eigenvalue weighted by Crippen LogP contribution is 2.16. The maximum absolute atomic E-state index is 11.9. The van der Waals surface area contributed by atoms with E-state index < -0.39 is 0 Å². The Balaban J connectivity index is 1.95. The molecule has 0 aliphatic carbocycles. The van der Waals surface area contributed by atoms with Gasteiger partial charge in [0.2, 0.25) is 5.91 Å². The lowest BCUT2D eigenvalue weighted by molar-refractivity contribution is -0.111. The van der Waals surface area contributed by atoms with E-state index in [0.717, 1.165) is 11.1 Å². The fraction of sp³-hybridized carbons (Fsp3) is 0.111. The van der Waals surface area contributed by atoms with E-state index in [1.54, 1.807) is 30.3 Å². The molecule has 0 radical (unpaired) electrons. The van der Waals surface area contributed by atoms with Gasteiger partial charge in [-0.25, -0.2) is 0 Å². The van der Waals surface area contributed by atoms with Crippen molar-refractivity contribution in [2.75, 3.05) is 11.9 Å².